The first-order chi connectivity index (χ1) is 20.3. The lowest BCUT2D eigenvalue weighted by Crippen LogP contribution is -2.31. The first kappa shape index (κ1) is 32.6. The van der Waals surface area contributed by atoms with E-state index in [1.54, 1.807) is 0 Å². The fraction of sp³-hybridized carbons (Fsp3) is 0.425. The van der Waals surface area contributed by atoms with Gasteiger partial charge in [0, 0.05) is 5.56 Å². The third kappa shape index (κ3) is 9.36. The Balaban J connectivity index is 1.42. The van der Waals surface area contributed by atoms with Crippen molar-refractivity contribution in [2.45, 2.75) is 85.4 Å². The third-order valence-corrected chi connectivity index (χ3v) is 8.12. The van der Waals surface area contributed by atoms with Gasteiger partial charge < -0.3 is 9.47 Å². The monoisotopic (exact) mass is 578 g/mol. The van der Waals surface area contributed by atoms with Gasteiger partial charge in [0.2, 0.25) is 12.1 Å². The SMILES string of the molecule is CC(COC(OCC(C)Cc1ccc(C(C)(C)C)cc1)C(=O)c1ccc2ccccc2c1)Cc1ccc(C(C)(C)C)cc1. The highest BCUT2D eigenvalue weighted by Crippen LogP contribution is 2.25. The molecule has 0 aliphatic carbocycles. The number of ketones is 1. The molecule has 3 nitrogen and oxygen atoms in total. The van der Waals surface area contributed by atoms with Crippen LogP contribution in [0.1, 0.15) is 88.0 Å². The molecule has 0 spiro atoms. The topological polar surface area (TPSA) is 35.5 Å². The Bertz CT molecular complexity index is 1400. The molecule has 0 amide bonds. The van der Waals surface area contributed by atoms with Crippen LogP contribution in [0.3, 0.4) is 0 Å². The van der Waals surface area contributed by atoms with E-state index in [1.165, 1.54) is 22.3 Å². The molecule has 0 fully saturated rings. The Morgan fingerprint density at radius 2 is 1.05 bits per heavy atom. The smallest absolute Gasteiger partial charge is 0.222 e. The largest absolute Gasteiger partial charge is 0.345 e. The lowest BCUT2D eigenvalue weighted by Gasteiger charge is -2.23. The van der Waals surface area contributed by atoms with Gasteiger partial charge in [0.1, 0.15) is 0 Å². The molecular formula is C40H50O3. The molecule has 4 rings (SSSR count). The van der Waals surface area contributed by atoms with Crippen molar-refractivity contribution in [3.05, 3.63) is 119 Å². The number of carbonyl (C=O) groups is 1. The number of carbonyl (C=O) groups excluding carboxylic acids is 1. The molecule has 228 valence electrons. The van der Waals surface area contributed by atoms with Crippen molar-refractivity contribution in [2.24, 2.45) is 11.8 Å². The van der Waals surface area contributed by atoms with Gasteiger partial charge in [0.25, 0.3) is 0 Å². The number of benzene rings is 4. The normalized spacial score (nSPS) is 14.4. The average Bonchev–Trinajstić information content (AvgIpc) is 2.96. The number of hydrogen-bond donors (Lipinski definition) is 0. The van der Waals surface area contributed by atoms with Crippen LogP contribution in [0.4, 0.5) is 0 Å². The molecule has 3 heteroatoms. The Morgan fingerprint density at radius 3 is 1.49 bits per heavy atom. The van der Waals surface area contributed by atoms with E-state index < -0.39 is 6.29 Å². The van der Waals surface area contributed by atoms with Crippen molar-refractivity contribution in [1.29, 1.82) is 0 Å². The highest BCUT2D eigenvalue weighted by atomic mass is 16.7. The molecule has 4 aromatic rings. The maximum atomic E-state index is 13.7. The lowest BCUT2D eigenvalue weighted by molar-refractivity contribution is -0.127. The summed E-state index contributed by atoms with van der Waals surface area (Å²) in [5, 5.41) is 2.14. The third-order valence-electron chi connectivity index (χ3n) is 8.12. The van der Waals surface area contributed by atoms with E-state index in [4.69, 9.17) is 9.47 Å². The zero-order chi connectivity index (χ0) is 31.2. The van der Waals surface area contributed by atoms with Crippen LogP contribution in [0, 0.1) is 11.8 Å². The van der Waals surface area contributed by atoms with Crippen LogP contribution < -0.4 is 0 Å². The summed E-state index contributed by atoms with van der Waals surface area (Å²) in [5.74, 6) is 0.332. The Kier molecular flexibility index (Phi) is 10.6. The van der Waals surface area contributed by atoms with E-state index >= 15 is 0 Å². The summed E-state index contributed by atoms with van der Waals surface area (Å²) in [5.41, 5.74) is 6.08. The van der Waals surface area contributed by atoms with Gasteiger partial charge >= 0.3 is 0 Å². The van der Waals surface area contributed by atoms with Gasteiger partial charge in [-0.25, -0.2) is 0 Å². The second-order valence-electron chi connectivity index (χ2n) is 14.4. The van der Waals surface area contributed by atoms with Crippen molar-refractivity contribution in [2.75, 3.05) is 13.2 Å². The van der Waals surface area contributed by atoms with Crippen LogP contribution in [0.15, 0.2) is 91.0 Å². The van der Waals surface area contributed by atoms with Crippen LogP contribution >= 0.6 is 0 Å². The molecule has 0 saturated heterocycles. The van der Waals surface area contributed by atoms with Crippen molar-refractivity contribution < 1.29 is 14.3 Å². The van der Waals surface area contributed by atoms with E-state index in [9.17, 15) is 4.79 Å². The number of ether oxygens (including phenoxy) is 2. The van der Waals surface area contributed by atoms with Crippen LogP contribution in [0.5, 0.6) is 0 Å². The van der Waals surface area contributed by atoms with Crippen molar-refractivity contribution in [3.8, 4) is 0 Å². The summed E-state index contributed by atoms with van der Waals surface area (Å²) in [7, 11) is 0. The summed E-state index contributed by atoms with van der Waals surface area (Å²) in [4.78, 5) is 13.7. The highest BCUT2D eigenvalue weighted by molar-refractivity contribution is 6.01. The van der Waals surface area contributed by atoms with Crippen LogP contribution in [0.25, 0.3) is 10.8 Å². The highest BCUT2D eigenvalue weighted by Gasteiger charge is 2.24. The quantitative estimate of drug-likeness (QED) is 0.124. The van der Waals surface area contributed by atoms with Gasteiger partial charge in [-0.15, -0.1) is 0 Å². The molecular weight excluding hydrogens is 528 g/mol. The average molecular weight is 579 g/mol. The Morgan fingerprint density at radius 1 is 0.605 bits per heavy atom. The van der Waals surface area contributed by atoms with Crippen molar-refractivity contribution >= 4 is 16.6 Å². The molecule has 0 N–H and O–H groups in total. The van der Waals surface area contributed by atoms with Crippen molar-refractivity contribution in [1.82, 2.24) is 0 Å². The van der Waals surface area contributed by atoms with E-state index in [0.717, 1.165) is 23.6 Å². The van der Waals surface area contributed by atoms with Gasteiger partial charge in [0.05, 0.1) is 13.2 Å². The molecule has 2 unspecified atom stereocenters. The molecule has 0 aliphatic rings. The predicted molar refractivity (Wildman–Crippen MR) is 180 cm³/mol. The molecule has 4 aromatic carbocycles. The maximum absolute atomic E-state index is 13.7. The number of rotatable bonds is 12. The molecule has 43 heavy (non-hydrogen) atoms. The summed E-state index contributed by atoms with van der Waals surface area (Å²) >= 11 is 0. The van der Waals surface area contributed by atoms with Crippen LogP contribution in [0.2, 0.25) is 0 Å². The zero-order valence-electron chi connectivity index (χ0n) is 27.4. The Hall–Kier alpha value is -3.27. The summed E-state index contributed by atoms with van der Waals surface area (Å²) in [6.45, 7) is 18.6. The summed E-state index contributed by atoms with van der Waals surface area (Å²) in [6, 6.07) is 31.6. The van der Waals surface area contributed by atoms with E-state index in [-0.39, 0.29) is 28.4 Å². The van der Waals surface area contributed by atoms with Gasteiger partial charge in [0.15, 0.2) is 0 Å². The number of Topliss-reactive ketones (excluding diaryl/α,β-unsaturated/α-hetero) is 1. The molecule has 0 saturated carbocycles. The van der Waals surface area contributed by atoms with Crippen molar-refractivity contribution in [3.63, 3.8) is 0 Å². The molecule has 0 heterocycles. The minimum Gasteiger partial charge on any atom is -0.345 e. The summed E-state index contributed by atoms with van der Waals surface area (Å²) in [6.07, 6.45) is 0.808. The van der Waals surface area contributed by atoms with E-state index in [1.807, 2.05) is 36.4 Å². The minimum absolute atomic E-state index is 0.130. The van der Waals surface area contributed by atoms with Gasteiger partial charge in [-0.1, -0.05) is 140 Å². The van der Waals surface area contributed by atoms with E-state index in [2.05, 4.69) is 110 Å². The molecule has 0 radical (unpaired) electrons. The summed E-state index contributed by atoms with van der Waals surface area (Å²) < 4.78 is 12.5. The standard InChI is InChI=1S/C40H50O3/c1-28(23-30-13-19-35(20-14-30)39(3,4)5)26-42-38(37(41)34-18-17-32-11-9-10-12-33(32)25-34)43-27-29(2)24-31-15-21-36(22-16-31)40(6,7)8/h9-22,25,28-29,38H,23-24,26-27H2,1-8H3. The second-order valence-corrected chi connectivity index (χ2v) is 14.4. The van der Waals surface area contributed by atoms with Gasteiger partial charge in [-0.05, 0) is 74.6 Å². The zero-order valence-corrected chi connectivity index (χ0v) is 27.4. The molecule has 0 aliphatic heterocycles. The van der Waals surface area contributed by atoms with Gasteiger partial charge in [-0.3, -0.25) is 4.79 Å². The molecule has 2 atom stereocenters. The first-order valence-corrected chi connectivity index (χ1v) is 15.7. The maximum Gasteiger partial charge on any atom is 0.222 e. The second kappa shape index (κ2) is 14.0. The molecule has 0 bridgehead atoms. The Labute approximate surface area is 259 Å². The van der Waals surface area contributed by atoms with Gasteiger partial charge in [-0.2, -0.15) is 0 Å². The number of hydrogen-bond acceptors (Lipinski definition) is 3. The number of fused-ring (bicyclic) bond motifs is 1. The fourth-order valence-electron chi connectivity index (χ4n) is 5.39. The van der Waals surface area contributed by atoms with E-state index in [0.29, 0.717) is 18.8 Å². The predicted octanol–water partition coefficient (Wildman–Crippen LogP) is 9.73. The van der Waals surface area contributed by atoms with Crippen LogP contribution in [-0.4, -0.2) is 25.3 Å². The minimum atomic E-state index is -0.947. The fourth-order valence-corrected chi connectivity index (χ4v) is 5.39. The lowest BCUT2D eigenvalue weighted by atomic mass is 9.86. The first-order valence-electron chi connectivity index (χ1n) is 15.7. The van der Waals surface area contributed by atoms with Crippen LogP contribution in [-0.2, 0) is 33.1 Å². The molecule has 0 aromatic heterocycles.